The molecule has 0 aromatic heterocycles. The molecule has 0 unspecified atom stereocenters. The van der Waals surface area contributed by atoms with E-state index >= 15 is 0 Å². The van der Waals surface area contributed by atoms with Crippen LogP contribution in [-0.2, 0) is 4.79 Å². The van der Waals surface area contributed by atoms with E-state index in [1.165, 1.54) is 6.07 Å². The minimum atomic E-state index is -1.73. The second kappa shape index (κ2) is 7.22. The number of nitrogens with zero attached hydrogens (tertiary/aromatic N) is 2. The van der Waals surface area contributed by atoms with Gasteiger partial charge in [0.2, 0.25) is 5.91 Å². The molecular formula is C17H12F5N3O2. The molecule has 142 valence electrons. The number of rotatable bonds is 4. The van der Waals surface area contributed by atoms with Gasteiger partial charge in [-0.1, -0.05) is 0 Å². The normalized spacial score (nSPS) is 14.0. The molecule has 1 N–H and O–H groups in total. The number of nitrogens with one attached hydrogen (secondary N) is 1. The van der Waals surface area contributed by atoms with Gasteiger partial charge in [-0.05, 0) is 24.3 Å². The Morgan fingerprint density at radius 2 is 1.63 bits per heavy atom. The highest BCUT2D eigenvalue weighted by atomic mass is 19.2. The Morgan fingerprint density at radius 1 is 0.926 bits per heavy atom. The lowest BCUT2D eigenvalue weighted by atomic mass is 10.2. The molecule has 3 amide bonds. The van der Waals surface area contributed by atoms with Gasteiger partial charge in [0.05, 0.1) is 5.69 Å². The first-order chi connectivity index (χ1) is 12.8. The molecule has 0 bridgehead atoms. The molecule has 27 heavy (non-hydrogen) atoms. The molecule has 1 heterocycles. The SMILES string of the molecule is O=C(CN1CCN(c2ccc(F)c(F)c2)C1=O)Nc1ccc(F)c(F)c1F. The van der Waals surface area contributed by atoms with E-state index in [0.29, 0.717) is 6.07 Å². The van der Waals surface area contributed by atoms with Gasteiger partial charge < -0.3 is 10.2 Å². The van der Waals surface area contributed by atoms with Gasteiger partial charge in [-0.25, -0.2) is 26.7 Å². The molecule has 0 aliphatic carbocycles. The van der Waals surface area contributed by atoms with Crippen LogP contribution in [-0.4, -0.2) is 36.5 Å². The van der Waals surface area contributed by atoms with Crippen molar-refractivity contribution in [2.75, 3.05) is 29.9 Å². The van der Waals surface area contributed by atoms with E-state index in [0.717, 1.165) is 28.0 Å². The maximum absolute atomic E-state index is 13.6. The molecule has 1 aliphatic heterocycles. The second-order valence-corrected chi connectivity index (χ2v) is 5.73. The smallest absolute Gasteiger partial charge is 0.322 e. The molecule has 0 spiro atoms. The van der Waals surface area contributed by atoms with Crippen LogP contribution in [0.15, 0.2) is 30.3 Å². The van der Waals surface area contributed by atoms with Crippen molar-refractivity contribution in [1.82, 2.24) is 4.90 Å². The first-order valence-corrected chi connectivity index (χ1v) is 7.72. The highest BCUT2D eigenvalue weighted by Gasteiger charge is 2.31. The molecule has 2 aromatic rings. The van der Waals surface area contributed by atoms with Gasteiger partial charge in [-0.2, -0.15) is 0 Å². The topological polar surface area (TPSA) is 52.7 Å². The molecule has 1 saturated heterocycles. The number of halogens is 5. The maximum Gasteiger partial charge on any atom is 0.325 e. The zero-order valence-corrected chi connectivity index (χ0v) is 13.6. The molecule has 0 atom stereocenters. The number of carbonyl (C=O) groups is 2. The van der Waals surface area contributed by atoms with Gasteiger partial charge in [0, 0.05) is 24.8 Å². The zero-order chi connectivity index (χ0) is 19.7. The fourth-order valence-corrected chi connectivity index (χ4v) is 2.61. The molecule has 2 aromatic carbocycles. The Kier molecular flexibility index (Phi) is 4.98. The summed E-state index contributed by atoms with van der Waals surface area (Å²) < 4.78 is 66.0. The van der Waals surface area contributed by atoms with Crippen LogP contribution in [0.1, 0.15) is 0 Å². The lowest BCUT2D eigenvalue weighted by molar-refractivity contribution is -0.116. The summed E-state index contributed by atoms with van der Waals surface area (Å²) in [6.07, 6.45) is 0. The lowest BCUT2D eigenvalue weighted by Crippen LogP contribution is -2.37. The third-order valence-corrected chi connectivity index (χ3v) is 3.95. The van der Waals surface area contributed by atoms with E-state index < -0.39 is 53.3 Å². The van der Waals surface area contributed by atoms with E-state index in [2.05, 4.69) is 5.32 Å². The lowest BCUT2D eigenvalue weighted by Gasteiger charge is -2.18. The monoisotopic (exact) mass is 385 g/mol. The van der Waals surface area contributed by atoms with E-state index in [-0.39, 0.29) is 18.8 Å². The number of urea groups is 1. The summed E-state index contributed by atoms with van der Waals surface area (Å²) in [4.78, 5) is 26.6. The zero-order valence-electron chi connectivity index (χ0n) is 13.6. The highest BCUT2D eigenvalue weighted by molar-refractivity contribution is 5.99. The predicted molar refractivity (Wildman–Crippen MR) is 85.6 cm³/mol. The molecule has 0 saturated carbocycles. The summed E-state index contributed by atoms with van der Waals surface area (Å²) in [7, 11) is 0. The number of carbonyl (C=O) groups excluding carboxylic acids is 2. The molecule has 0 radical (unpaired) electrons. The van der Waals surface area contributed by atoms with Crippen molar-refractivity contribution in [2.45, 2.75) is 0 Å². The Hall–Kier alpha value is -3.17. The van der Waals surface area contributed by atoms with Crippen LogP contribution >= 0.6 is 0 Å². The Morgan fingerprint density at radius 3 is 2.33 bits per heavy atom. The van der Waals surface area contributed by atoms with Crippen LogP contribution in [0, 0.1) is 29.1 Å². The van der Waals surface area contributed by atoms with Gasteiger partial charge in [0.15, 0.2) is 29.1 Å². The van der Waals surface area contributed by atoms with Crippen molar-refractivity contribution < 1.29 is 31.5 Å². The van der Waals surface area contributed by atoms with Crippen molar-refractivity contribution in [2.24, 2.45) is 0 Å². The van der Waals surface area contributed by atoms with Gasteiger partial charge >= 0.3 is 6.03 Å². The third kappa shape index (κ3) is 3.69. The minimum absolute atomic E-state index is 0.103. The van der Waals surface area contributed by atoms with Crippen molar-refractivity contribution in [3.8, 4) is 0 Å². The maximum atomic E-state index is 13.6. The minimum Gasteiger partial charge on any atom is -0.322 e. The summed E-state index contributed by atoms with van der Waals surface area (Å²) in [6.45, 7) is -0.264. The van der Waals surface area contributed by atoms with Gasteiger partial charge in [0.25, 0.3) is 0 Å². The van der Waals surface area contributed by atoms with Gasteiger partial charge in [-0.3, -0.25) is 9.69 Å². The van der Waals surface area contributed by atoms with Crippen LogP contribution in [0.5, 0.6) is 0 Å². The number of benzene rings is 2. The Balaban J connectivity index is 1.66. The molecule has 5 nitrogen and oxygen atoms in total. The van der Waals surface area contributed by atoms with Crippen LogP contribution in [0.4, 0.5) is 38.1 Å². The predicted octanol–water partition coefficient (Wildman–Crippen LogP) is 3.26. The van der Waals surface area contributed by atoms with Crippen molar-refractivity contribution in [3.63, 3.8) is 0 Å². The summed E-state index contributed by atoms with van der Waals surface area (Å²) in [5.41, 5.74) is -0.448. The van der Waals surface area contributed by atoms with Crippen LogP contribution in [0.3, 0.4) is 0 Å². The van der Waals surface area contributed by atoms with E-state index in [1.54, 1.807) is 0 Å². The number of amides is 3. The summed E-state index contributed by atoms with van der Waals surface area (Å²) >= 11 is 0. The van der Waals surface area contributed by atoms with Crippen molar-refractivity contribution >= 4 is 23.3 Å². The van der Waals surface area contributed by atoms with Crippen LogP contribution in [0.2, 0.25) is 0 Å². The highest BCUT2D eigenvalue weighted by Crippen LogP contribution is 2.23. The Labute approximate surface area is 150 Å². The number of hydrogen-bond donors (Lipinski definition) is 1. The van der Waals surface area contributed by atoms with E-state index in [4.69, 9.17) is 0 Å². The Bertz CT molecular complexity index is 922. The summed E-state index contributed by atoms with van der Waals surface area (Å²) in [6, 6.07) is 3.82. The van der Waals surface area contributed by atoms with E-state index in [9.17, 15) is 31.5 Å². The fourth-order valence-electron chi connectivity index (χ4n) is 2.61. The summed E-state index contributed by atoms with van der Waals surface area (Å²) in [5.74, 6) is -7.70. The average Bonchev–Trinajstić information content (AvgIpc) is 2.98. The van der Waals surface area contributed by atoms with Gasteiger partial charge in [0.1, 0.15) is 6.54 Å². The summed E-state index contributed by atoms with van der Waals surface area (Å²) in [5, 5.41) is 2.05. The quantitative estimate of drug-likeness (QED) is 0.649. The molecule has 1 aliphatic rings. The standard InChI is InChI=1S/C17H12F5N3O2/c18-10-2-1-9(7-12(10)20)25-6-5-24(17(25)27)8-14(26)23-13-4-3-11(19)15(21)16(13)22/h1-4,7H,5-6,8H2,(H,23,26). The fraction of sp³-hybridized carbons (Fsp3) is 0.176. The van der Waals surface area contributed by atoms with Crippen LogP contribution in [0.25, 0.3) is 0 Å². The van der Waals surface area contributed by atoms with Gasteiger partial charge in [-0.15, -0.1) is 0 Å². The third-order valence-electron chi connectivity index (χ3n) is 3.95. The first kappa shape index (κ1) is 18.6. The molecule has 3 rings (SSSR count). The van der Waals surface area contributed by atoms with Crippen molar-refractivity contribution in [1.29, 1.82) is 0 Å². The largest absolute Gasteiger partial charge is 0.325 e. The van der Waals surface area contributed by atoms with Crippen LogP contribution < -0.4 is 10.2 Å². The first-order valence-electron chi connectivity index (χ1n) is 7.72. The van der Waals surface area contributed by atoms with E-state index in [1.807, 2.05) is 0 Å². The average molecular weight is 385 g/mol. The van der Waals surface area contributed by atoms with Crippen molar-refractivity contribution in [3.05, 3.63) is 59.4 Å². The molecular weight excluding hydrogens is 373 g/mol. The molecule has 10 heteroatoms. The number of hydrogen-bond acceptors (Lipinski definition) is 2. The molecule has 1 fully saturated rings. The second-order valence-electron chi connectivity index (χ2n) is 5.73. The number of anilines is 2.